The van der Waals surface area contributed by atoms with Gasteiger partial charge in [0, 0.05) is 10.4 Å². The van der Waals surface area contributed by atoms with Crippen LogP contribution in [0.2, 0.25) is 5.02 Å². The summed E-state index contributed by atoms with van der Waals surface area (Å²) in [6, 6.07) is 25.5. The SMILES string of the molecule is COc1cc(C=Nn2c(-c3cc4cc(Cl)ccc4o3)nc3ccccc3c2=O)ccc1OCc1cccc(F)c1. The van der Waals surface area contributed by atoms with E-state index in [4.69, 9.17) is 30.5 Å². The van der Waals surface area contributed by atoms with Crippen LogP contribution in [0.5, 0.6) is 11.5 Å². The predicted molar refractivity (Wildman–Crippen MR) is 153 cm³/mol. The highest BCUT2D eigenvalue weighted by Crippen LogP contribution is 2.30. The summed E-state index contributed by atoms with van der Waals surface area (Å²) in [5, 5.41) is 6.25. The van der Waals surface area contributed by atoms with Crippen LogP contribution in [0.15, 0.2) is 105 Å². The third kappa shape index (κ3) is 5.04. The van der Waals surface area contributed by atoms with Crippen molar-refractivity contribution in [1.82, 2.24) is 9.66 Å². The smallest absolute Gasteiger partial charge is 0.282 e. The fourth-order valence-electron chi connectivity index (χ4n) is 4.31. The van der Waals surface area contributed by atoms with Crippen LogP contribution < -0.4 is 15.0 Å². The Labute approximate surface area is 232 Å². The molecule has 9 heteroatoms. The average Bonchev–Trinajstić information content (AvgIpc) is 3.39. The minimum absolute atomic E-state index is 0.172. The molecule has 0 amide bonds. The molecule has 4 aromatic carbocycles. The molecule has 0 aliphatic rings. The van der Waals surface area contributed by atoms with Gasteiger partial charge in [-0.3, -0.25) is 4.79 Å². The van der Waals surface area contributed by atoms with Crippen LogP contribution in [0, 0.1) is 5.82 Å². The lowest BCUT2D eigenvalue weighted by atomic mass is 10.2. The number of para-hydroxylation sites is 1. The molecule has 0 saturated heterocycles. The molecule has 0 unspecified atom stereocenters. The molecule has 6 aromatic rings. The van der Waals surface area contributed by atoms with Crippen molar-refractivity contribution in [1.29, 1.82) is 0 Å². The average molecular weight is 554 g/mol. The second kappa shape index (κ2) is 10.7. The van der Waals surface area contributed by atoms with E-state index in [2.05, 4.69) is 5.10 Å². The first-order chi connectivity index (χ1) is 19.5. The van der Waals surface area contributed by atoms with Crippen LogP contribution in [-0.4, -0.2) is 23.0 Å². The Morgan fingerprint density at radius 3 is 2.73 bits per heavy atom. The van der Waals surface area contributed by atoms with E-state index >= 15 is 0 Å². The van der Waals surface area contributed by atoms with Gasteiger partial charge < -0.3 is 13.9 Å². The van der Waals surface area contributed by atoms with E-state index in [0.717, 1.165) is 5.39 Å². The molecule has 0 saturated carbocycles. The zero-order chi connectivity index (χ0) is 27.6. The summed E-state index contributed by atoms with van der Waals surface area (Å²) in [6.07, 6.45) is 1.53. The maximum Gasteiger partial charge on any atom is 0.282 e. The summed E-state index contributed by atoms with van der Waals surface area (Å²) in [5.74, 6) is 1.22. The number of benzene rings is 4. The zero-order valence-electron chi connectivity index (χ0n) is 21.2. The third-order valence-corrected chi connectivity index (χ3v) is 6.48. The van der Waals surface area contributed by atoms with E-state index in [1.807, 2.05) is 6.07 Å². The monoisotopic (exact) mass is 553 g/mol. The second-order valence-corrected chi connectivity index (χ2v) is 9.37. The largest absolute Gasteiger partial charge is 0.493 e. The number of fused-ring (bicyclic) bond motifs is 2. The minimum atomic E-state index is -0.350. The number of aromatic nitrogens is 2. The Balaban J connectivity index is 1.37. The number of hydrogen-bond donors (Lipinski definition) is 0. The molecule has 0 fully saturated rings. The van der Waals surface area contributed by atoms with Gasteiger partial charge in [-0.2, -0.15) is 9.78 Å². The Bertz CT molecular complexity index is 1960. The van der Waals surface area contributed by atoms with Crippen molar-refractivity contribution in [3.63, 3.8) is 0 Å². The molecule has 0 aliphatic carbocycles. The first-order valence-electron chi connectivity index (χ1n) is 12.3. The number of hydrogen-bond acceptors (Lipinski definition) is 6. The highest BCUT2D eigenvalue weighted by atomic mass is 35.5. The standard InChI is InChI=1S/C31H21ClFN3O4/c1-38-28-14-19(9-11-27(28)39-18-20-5-4-6-23(33)13-20)17-34-36-30(35-25-8-3-2-7-24(25)31(36)37)29-16-21-15-22(32)10-12-26(21)40-29/h2-17H,18H2,1H3. The molecule has 2 heterocycles. The number of ether oxygens (including phenoxy) is 2. The fourth-order valence-corrected chi connectivity index (χ4v) is 4.49. The van der Waals surface area contributed by atoms with Crippen LogP contribution in [0.25, 0.3) is 33.5 Å². The molecule has 0 atom stereocenters. The maximum absolute atomic E-state index is 13.5. The van der Waals surface area contributed by atoms with Crippen molar-refractivity contribution in [2.24, 2.45) is 5.10 Å². The topological polar surface area (TPSA) is 78.9 Å². The van der Waals surface area contributed by atoms with Gasteiger partial charge in [0.05, 0.1) is 24.2 Å². The molecule has 6 rings (SSSR count). The summed E-state index contributed by atoms with van der Waals surface area (Å²) in [4.78, 5) is 18.2. The van der Waals surface area contributed by atoms with E-state index in [-0.39, 0.29) is 23.8 Å². The molecule has 0 bridgehead atoms. The van der Waals surface area contributed by atoms with Crippen molar-refractivity contribution in [2.75, 3.05) is 7.11 Å². The van der Waals surface area contributed by atoms with Gasteiger partial charge in [0.2, 0.25) is 5.82 Å². The molecule has 198 valence electrons. The van der Waals surface area contributed by atoms with E-state index < -0.39 is 0 Å². The van der Waals surface area contributed by atoms with Crippen LogP contribution in [0.4, 0.5) is 4.39 Å². The van der Waals surface area contributed by atoms with E-state index in [1.54, 1.807) is 72.8 Å². The van der Waals surface area contributed by atoms with Crippen molar-refractivity contribution < 1.29 is 18.3 Å². The van der Waals surface area contributed by atoms with Gasteiger partial charge in [0.15, 0.2) is 17.3 Å². The van der Waals surface area contributed by atoms with Crippen LogP contribution in [0.3, 0.4) is 0 Å². The summed E-state index contributed by atoms with van der Waals surface area (Å²) < 4.78 is 32.1. The van der Waals surface area contributed by atoms with Gasteiger partial charge in [-0.25, -0.2) is 9.37 Å². The van der Waals surface area contributed by atoms with Gasteiger partial charge >= 0.3 is 0 Å². The molecule has 0 N–H and O–H groups in total. The lowest BCUT2D eigenvalue weighted by Crippen LogP contribution is -2.20. The number of methoxy groups -OCH3 is 1. The first-order valence-corrected chi connectivity index (χ1v) is 12.7. The van der Waals surface area contributed by atoms with Gasteiger partial charge in [-0.1, -0.05) is 35.9 Å². The number of halogens is 2. The first kappa shape index (κ1) is 25.3. The Hall–Kier alpha value is -4.95. The second-order valence-electron chi connectivity index (χ2n) is 8.94. The highest BCUT2D eigenvalue weighted by molar-refractivity contribution is 6.31. The quantitative estimate of drug-likeness (QED) is 0.198. The van der Waals surface area contributed by atoms with Gasteiger partial charge in [0.25, 0.3) is 5.56 Å². The molecule has 0 aliphatic heterocycles. The van der Waals surface area contributed by atoms with Crippen LogP contribution in [0.1, 0.15) is 11.1 Å². The Kier molecular flexibility index (Phi) is 6.76. The summed E-state index contributed by atoms with van der Waals surface area (Å²) in [5.41, 5.74) is 2.12. The minimum Gasteiger partial charge on any atom is -0.493 e. The van der Waals surface area contributed by atoms with Crippen molar-refractivity contribution in [2.45, 2.75) is 6.61 Å². The lowest BCUT2D eigenvalue weighted by Gasteiger charge is -2.11. The van der Waals surface area contributed by atoms with Crippen molar-refractivity contribution in [3.05, 3.63) is 123 Å². The number of nitrogens with zero attached hydrogens (tertiary/aromatic N) is 3. The number of rotatable bonds is 7. The van der Waals surface area contributed by atoms with Crippen LogP contribution in [-0.2, 0) is 6.61 Å². The van der Waals surface area contributed by atoms with E-state index in [1.165, 1.54) is 30.1 Å². The van der Waals surface area contributed by atoms with Gasteiger partial charge in [-0.05, 0) is 77.9 Å². The molecular formula is C31H21ClFN3O4. The van der Waals surface area contributed by atoms with E-state index in [0.29, 0.717) is 49.9 Å². The summed E-state index contributed by atoms with van der Waals surface area (Å²) >= 11 is 6.15. The molecule has 2 aromatic heterocycles. The zero-order valence-corrected chi connectivity index (χ0v) is 21.9. The number of furan rings is 1. The lowest BCUT2D eigenvalue weighted by molar-refractivity contribution is 0.284. The van der Waals surface area contributed by atoms with Crippen molar-refractivity contribution >= 4 is 39.7 Å². The molecule has 7 nitrogen and oxygen atoms in total. The highest BCUT2D eigenvalue weighted by Gasteiger charge is 2.17. The van der Waals surface area contributed by atoms with Gasteiger partial charge in [-0.15, -0.1) is 0 Å². The predicted octanol–water partition coefficient (Wildman–Crippen LogP) is 7.07. The third-order valence-electron chi connectivity index (χ3n) is 6.25. The van der Waals surface area contributed by atoms with Crippen molar-refractivity contribution in [3.8, 4) is 23.1 Å². The summed E-state index contributed by atoms with van der Waals surface area (Å²) in [6.45, 7) is 0.172. The van der Waals surface area contributed by atoms with Crippen LogP contribution >= 0.6 is 11.6 Å². The fraction of sp³-hybridized carbons (Fsp3) is 0.0645. The molecule has 0 radical (unpaired) electrons. The normalized spacial score (nSPS) is 11.5. The Morgan fingerprint density at radius 2 is 1.88 bits per heavy atom. The maximum atomic E-state index is 13.5. The molecule has 40 heavy (non-hydrogen) atoms. The van der Waals surface area contributed by atoms with Gasteiger partial charge in [0.1, 0.15) is 18.0 Å². The summed E-state index contributed by atoms with van der Waals surface area (Å²) in [7, 11) is 1.52. The van der Waals surface area contributed by atoms with E-state index in [9.17, 15) is 9.18 Å². The molecule has 0 spiro atoms. The Morgan fingerprint density at radius 1 is 1.00 bits per heavy atom. The molecular weight excluding hydrogens is 533 g/mol.